The van der Waals surface area contributed by atoms with E-state index in [-0.39, 0.29) is 6.01 Å². The summed E-state index contributed by atoms with van der Waals surface area (Å²) in [6.45, 7) is -0.547. The van der Waals surface area contributed by atoms with Crippen LogP contribution in [0.2, 0.25) is 0 Å². The molecule has 0 radical (unpaired) electrons. The molecule has 0 aliphatic carbocycles. The summed E-state index contributed by atoms with van der Waals surface area (Å²) in [5.74, 6) is 0. The first-order valence-corrected chi connectivity index (χ1v) is 6.93. The van der Waals surface area contributed by atoms with Crippen LogP contribution in [0.5, 0.6) is 6.01 Å². The first kappa shape index (κ1) is 15.8. The number of benzene rings is 1. The van der Waals surface area contributed by atoms with Gasteiger partial charge in [-0.1, -0.05) is 28.4 Å². The lowest BCUT2D eigenvalue weighted by Gasteiger charge is -2.38. The number of aliphatic hydroxyl groups excluding tert-OH is 4. The molecule has 2 aromatic rings. The van der Waals surface area contributed by atoms with Gasteiger partial charge in [0.25, 0.3) is 0 Å². The Hall–Kier alpha value is -2.11. The zero-order valence-corrected chi connectivity index (χ0v) is 11.9. The summed E-state index contributed by atoms with van der Waals surface area (Å²) in [4.78, 5) is 1.22. The number of rotatable bonds is 4. The molecule has 0 saturated carbocycles. The van der Waals surface area contributed by atoms with E-state index in [0.29, 0.717) is 5.69 Å². The second-order valence-corrected chi connectivity index (χ2v) is 5.01. The minimum absolute atomic E-state index is 0.182. The van der Waals surface area contributed by atoms with Crippen LogP contribution in [-0.2, 0) is 4.74 Å². The van der Waals surface area contributed by atoms with Gasteiger partial charge in [0.1, 0.15) is 24.4 Å². The molecule has 124 valence electrons. The van der Waals surface area contributed by atoms with Gasteiger partial charge in [0.2, 0.25) is 6.29 Å². The monoisotopic (exact) mass is 324 g/mol. The number of ether oxygens (including phenoxy) is 2. The largest absolute Gasteiger partial charge is 0.428 e. The van der Waals surface area contributed by atoms with Gasteiger partial charge in [0.05, 0.1) is 12.3 Å². The average molecular weight is 324 g/mol. The molecule has 1 fully saturated rings. The maximum atomic E-state index is 9.88. The molecule has 10 nitrogen and oxygen atoms in total. The highest BCUT2D eigenvalue weighted by molar-refractivity contribution is 5.28. The van der Waals surface area contributed by atoms with Crippen LogP contribution in [0, 0.1) is 0 Å². The topological polar surface area (TPSA) is 143 Å². The number of hydrogen-bond donors (Lipinski definition) is 4. The molecule has 0 unspecified atom stereocenters. The fourth-order valence-corrected chi connectivity index (χ4v) is 2.19. The van der Waals surface area contributed by atoms with Gasteiger partial charge in [0, 0.05) is 0 Å². The first-order chi connectivity index (χ1) is 11.1. The summed E-state index contributed by atoms with van der Waals surface area (Å²) in [6, 6.07) is 8.79. The molecule has 1 aliphatic heterocycles. The third kappa shape index (κ3) is 3.16. The van der Waals surface area contributed by atoms with Gasteiger partial charge in [-0.2, -0.15) is 0 Å². The number of aliphatic hydroxyl groups is 4. The molecule has 2 heterocycles. The van der Waals surface area contributed by atoms with Crippen LogP contribution in [0.3, 0.4) is 0 Å². The van der Waals surface area contributed by atoms with E-state index in [1.165, 1.54) is 4.80 Å². The average Bonchev–Trinajstić information content (AvgIpc) is 3.05. The first-order valence-electron chi connectivity index (χ1n) is 6.93. The zero-order valence-electron chi connectivity index (χ0n) is 11.9. The molecule has 3 rings (SSSR count). The summed E-state index contributed by atoms with van der Waals surface area (Å²) >= 11 is 0. The molecule has 1 aliphatic rings. The van der Waals surface area contributed by atoms with Gasteiger partial charge >= 0.3 is 6.01 Å². The van der Waals surface area contributed by atoms with Crippen LogP contribution >= 0.6 is 0 Å². The minimum atomic E-state index is -1.53. The second-order valence-electron chi connectivity index (χ2n) is 5.01. The van der Waals surface area contributed by atoms with Gasteiger partial charge in [-0.05, 0) is 17.3 Å². The maximum absolute atomic E-state index is 9.88. The van der Waals surface area contributed by atoms with E-state index in [0.717, 1.165) is 0 Å². The fraction of sp³-hybridized carbons (Fsp3) is 0.462. The normalized spacial score (nSPS) is 31.0. The summed E-state index contributed by atoms with van der Waals surface area (Å²) in [7, 11) is 0. The number of para-hydroxylation sites is 1. The van der Waals surface area contributed by atoms with Crippen molar-refractivity contribution in [1.29, 1.82) is 0 Å². The van der Waals surface area contributed by atoms with Crippen molar-refractivity contribution in [1.82, 2.24) is 20.2 Å². The van der Waals surface area contributed by atoms with Crippen LogP contribution in [0.1, 0.15) is 0 Å². The molecule has 0 amide bonds. The Kier molecular flexibility index (Phi) is 4.50. The van der Waals surface area contributed by atoms with Crippen molar-refractivity contribution in [3.05, 3.63) is 30.3 Å². The standard InChI is InChI=1S/C13H16N4O6/c18-6-8-9(19)10(20)11(21)12(22-8)23-13-14-16-17(15-13)7-4-2-1-3-5-7/h1-5,8-12,18-21H,6H2/t8-,9-,10+,11-,12+/m1/s1. The van der Waals surface area contributed by atoms with Crippen molar-refractivity contribution in [3.63, 3.8) is 0 Å². The lowest BCUT2D eigenvalue weighted by Crippen LogP contribution is -2.60. The number of aromatic nitrogens is 4. The third-order valence-electron chi connectivity index (χ3n) is 3.45. The third-order valence-corrected chi connectivity index (χ3v) is 3.45. The van der Waals surface area contributed by atoms with E-state index in [1.54, 1.807) is 24.3 Å². The highest BCUT2D eigenvalue weighted by Gasteiger charge is 2.45. The Balaban J connectivity index is 1.73. The number of hydrogen-bond acceptors (Lipinski definition) is 9. The van der Waals surface area contributed by atoms with Crippen LogP contribution in [0.25, 0.3) is 5.69 Å². The lowest BCUT2D eigenvalue weighted by molar-refractivity contribution is -0.278. The molecule has 5 atom stereocenters. The van der Waals surface area contributed by atoms with Gasteiger partial charge in [0.15, 0.2) is 0 Å². The summed E-state index contributed by atoms with van der Waals surface area (Å²) in [5.41, 5.74) is 0.656. The number of tetrazole rings is 1. The van der Waals surface area contributed by atoms with E-state index in [9.17, 15) is 15.3 Å². The lowest BCUT2D eigenvalue weighted by atomic mass is 9.99. The molecule has 0 bridgehead atoms. The van der Waals surface area contributed by atoms with Crippen molar-refractivity contribution in [2.24, 2.45) is 0 Å². The predicted molar refractivity (Wildman–Crippen MR) is 73.5 cm³/mol. The van der Waals surface area contributed by atoms with Crippen molar-refractivity contribution in [3.8, 4) is 11.7 Å². The Morgan fingerprint density at radius 2 is 1.83 bits per heavy atom. The molecular weight excluding hydrogens is 308 g/mol. The molecular formula is C13H16N4O6. The van der Waals surface area contributed by atoms with E-state index in [4.69, 9.17) is 14.6 Å². The molecule has 1 aromatic heterocycles. The quantitative estimate of drug-likeness (QED) is 0.494. The fourth-order valence-electron chi connectivity index (χ4n) is 2.19. The van der Waals surface area contributed by atoms with Crippen molar-refractivity contribution >= 4 is 0 Å². The number of nitrogens with zero attached hydrogens (tertiary/aromatic N) is 4. The van der Waals surface area contributed by atoms with E-state index >= 15 is 0 Å². The van der Waals surface area contributed by atoms with Crippen molar-refractivity contribution in [2.45, 2.75) is 30.7 Å². The van der Waals surface area contributed by atoms with Gasteiger partial charge < -0.3 is 29.9 Å². The minimum Gasteiger partial charge on any atom is -0.428 e. The highest BCUT2D eigenvalue weighted by Crippen LogP contribution is 2.22. The summed E-state index contributed by atoms with van der Waals surface area (Å²) < 4.78 is 10.5. The Morgan fingerprint density at radius 1 is 1.09 bits per heavy atom. The van der Waals surface area contributed by atoms with Crippen LogP contribution in [0.4, 0.5) is 0 Å². The SMILES string of the molecule is OC[C@H]1O[C@@H](Oc2nnn(-c3ccccc3)n2)[C@H](O)[C@@H](O)[C@@H]1O. The Labute approximate surface area is 130 Å². The smallest absolute Gasteiger partial charge is 0.358 e. The zero-order chi connectivity index (χ0) is 16.4. The summed E-state index contributed by atoms with van der Waals surface area (Å²) in [5, 5.41) is 49.9. The molecule has 1 saturated heterocycles. The van der Waals surface area contributed by atoms with E-state index in [1.807, 2.05) is 6.07 Å². The molecule has 10 heteroatoms. The maximum Gasteiger partial charge on any atom is 0.358 e. The van der Waals surface area contributed by atoms with Crippen molar-refractivity contribution in [2.75, 3.05) is 6.61 Å². The second kappa shape index (κ2) is 6.56. The molecule has 1 aromatic carbocycles. The van der Waals surface area contributed by atoms with Crippen LogP contribution in [-0.4, -0.2) is 77.9 Å². The van der Waals surface area contributed by atoms with Gasteiger partial charge in [-0.15, -0.1) is 4.80 Å². The molecule has 0 spiro atoms. The Bertz CT molecular complexity index is 636. The van der Waals surface area contributed by atoms with Gasteiger partial charge in [-0.25, -0.2) is 0 Å². The van der Waals surface area contributed by atoms with Crippen molar-refractivity contribution < 1.29 is 29.9 Å². The van der Waals surface area contributed by atoms with Crippen LogP contribution in [0.15, 0.2) is 30.3 Å². The van der Waals surface area contributed by atoms with E-state index < -0.39 is 37.3 Å². The molecule has 4 N–H and O–H groups in total. The Morgan fingerprint density at radius 3 is 2.52 bits per heavy atom. The van der Waals surface area contributed by atoms with E-state index in [2.05, 4.69) is 15.4 Å². The summed E-state index contributed by atoms with van der Waals surface area (Å²) in [6.07, 6.45) is -6.93. The van der Waals surface area contributed by atoms with Crippen LogP contribution < -0.4 is 4.74 Å². The molecule has 23 heavy (non-hydrogen) atoms. The highest BCUT2D eigenvalue weighted by atomic mass is 16.7. The van der Waals surface area contributed by atoms with Gasteiger partial charge in [-0.3, -0.25) is 0 Å². The predicted octanol–water partition coefficient (Wildman–Crippen LogP) is -2.16.